The van der Waals surface area contributed by atoms with Crippen LogP contribution >= 0.6 is 0 Å². The smallest absolute Gasteiger partial charge is 0.236 e. The Morgan fingerprint density at radius 1 is 0.210 bits per heavy atom. The van der Waals surface area contributed by atoms with Crippen molar-refractivity contribution >= 4 is 0 Å². The van der Waals surface area contributed by atoms with E-state index in [0.29, 0.717) is 56.9 Å². The number of hydrogen-bond donors (Lipinski definition) is 0. The van der Waals surface area contributed by atoms with Gasteiger partial charge >= 0.3 is 30.9 Å². The molecular weight excluding hydrogens is 1330 g/mol. The third kappa shape index (κ3) is 26.3. The van der Waals surface area contributed by atoms with Gasteiger partial charge in [0.1, 0.15) is 0 Å². The van der Waals surface area contributed by atoms with E-state index in [9.17, 15) is 65.9 Å². The molecule has 0 aliphatic carbocycles. The fourth-order valence-corrected chi connectivity index (χ4v) is 9.26. The van der Waals surface area contributed by atoms with Gasteiger partial charge in [0.2, 0.25) is 0 Å². The molecule has 0 radical (unpaired) electrons. The summed E-state index contributed by atoms with van der Waals surface area (Å²) in [4.78, 5) is 41.9. The highest BCUT2D eigenvalue weighted by molar-refractivity contribution is 5.59. The van der Waals surface area contributed by atoms with E-state index in [0.717, 1.165) is 159 Å². The van der Waals surface area contributed by atoms with Crippen molar-refractivity contribution in [3.05, 3.63) is 239 Å². The molecule has 0 atom stereocenters. The molecule has 10 rings (SSSR count). The maximum absolute atomic E-state index is 12.5. The zero-order chi connectivity index (χ0) is 72.9. The van der Waals surface area contributed by atoms with Crippen molar-refractivity contribution in [2.75, 3.05) is 0 Å². The largest absolute Gasteiger partial charge is 0.416 e. The van der Waals surface area contributed by atoms with Gasteiger partial charge in [0.05, 0.1) is 27.8 Å². The lowest BCUT2D eigenvalue weighted by atomic mass is 10.1. The lowest BCUT2D eigenvalue weighted by molar-refractivity contribution is -0.138. The first-order valence-corrected chi connectivity index (χ1v) is 32.4. The number of hydrogen-bond acceptors (Lipinski definition) is 10. The normalized spacial score (nSPS) is 11.6. The van der Waals surface area contributed by atoms with Crippen LogP contribution in [0.25, 0.3) is 56.9 Å². The van der Waals surface area contributed by atoms with Crippen LogP contribution in [0.3, 0.4) is 0 Å². The molecular formula is C75H75F15N10. The predicted octanol–water partition coefficient (Wildman–Crippen LogP) is 22.5. The lowest BCUT2D eigenvalue weighted by Crippen LogP contribution is -2.04. The van der Waals surface area contributed by atoms with Crippen LogP contribution in [-0.4, -0.2) is 49.8 Å². The number of alkyl halides is 15. The molecule has 0 aliphatic heterocycles. The summed E-state index contributed by atoms with van der Waals surface area (Å²) in [6.07, 6.45) is 11.5. The second-order valence-corrected chi connectivity index (χ2v) is 22.9. The van der Waals surface area contributed by atoms with Crippen molar-refractivity contribution < 1.29 is 65.9 Å². The van der Waals surface area contributed by atoms with E-state index >= 15 is 0 Å². The Morgan fingerprint density at radius 3 is 0.600 bits per heavy atom. The average molecular weight is 1400 g/mol. The Hall–Kier alpha value is -9.55. The number of benzene rings is 5. The summed E-state index contributed by atoms with van der Waals surface area (Å²) in [6, 6.07) is 24.4. The second kappa shape index (κ2) is 38.1. The molecule has 0 bridgehead atoms. The summed E-state index contributed by atoms with van der Waals surface area (Å²) in [5, 5.41) is 0. The van der Waals surface area contributed by atoms with Gasteiger partial charge in [-0.1, -0.05) is 140 Å². The predicted molar refractivity (Wildman–Crippen MR) is 355 cm³/mol. The molecule has 5 heterocycles. The van der Waals surface area contributed by atoms with Gasteiger partial charge in [0, 0.05) is 89.8 Å². The summed E-state index contributed by atoms with van der Waals surface area (Å²) < 4.78 is 187. The molecule has 0 N–H and O–H groups in total. The van der Waals surface area contributed by atoms with Crippen LogP contribution in [0.2, 0.25) is 0 Å². The molecule has 25 heteroatoms. The van der Waals surface area contributed by atoms with E-state index in [-0.39, 0.29) is 0 Å². The van der Waals surface area contributed by atoms with Gasteiger partial charge in [-0.05, 0) is 140 Å². The van der Waals surface area contributed by atoms with Crippen LogP contribution in [0.15, 0.2) is 183 Å². The van der Waals surface area contributed by atoms with E-state index in [1.54, 1.807) is 62.0 Å². The fraction of sp³-hybridized carbons (Fsp3) is 0.333. The van der Waals surface area contributed by atoms with Gasteiger partial charge in [0.15, 0.2) is 29.1 Å². The number of aromatic nitrogens is 10. The third-order valence-corrected chi connectivity index (χ3v) is 15.0. The Bertz CT molecular complexity index is 3940. The Morgan fingerprint density at radius 2 is 0.400 bits per heavy atom. The van der Waals surface area contributed by atoms with Crippen LogP contribution in [0.1, 0.15) is 154 Å². The molecule has 0 aliphatic rings. The van der Waals surface area contributed by atoms with Gasteiger partial charge < -0.3 is 0 Å². The third-order valence-electron chi connectivity index (χ3n) is 15.0. The van der Waals surface area contributed by atoms with Crippen molar-refractivity contribution in [3.8, 4) is 56.9 Å². The zero-order valence-electron chi connectivity index (χ0n) is 55.6. The van der Waals surface area contributed by atoms with Gasteiger partial charge in [-0.3, -0.25) is 0 Å². The summed E-state index contributed by atoms with van der Waals surface area (Å²) in [5.74, 6) is 2.21. The molecule has 0 saturated heterocycles. The van der Waals surface area contributed by atoms with Gasteiger partial charge in [-0.15, -0.1) is 0 Å². The minimum Gasteiger partial charge on any atom is -0.236 e. The monoisotopic (exact) mass is 1400 g/mol. The van der Waals surface area contributed by atoms with E-state index in [1.165, 1.54) is 86.3 Å². The maximum Gasteiger partial charge on any atom is 0.416 e. The molecule has 0 saturated carbocycles. The molecule has 530 valence electrons. The lowest BCUT2D eigenvalue weighted by Gasteiger charge is -2.07. The SMILES string of the molecule is CCCCCCc1cnc(-c2ccc(C(F)(F)F)cc2)nc1.CCCCCc1cnc(-c2ccc(C(F)(F)F)cc2)nc1.CCCCc1cnc(-c2ccc(C(F)(F)F)cc2)nc1.CCCc1cnc(-c2ccc(C(F)(F)F)cc2)nc1.CCc1cnc(-c2ccc(C(F)(F)F)cc2)nc1. The molecule has 10 aromatic rings. The zero-order valence-corrected chi connectivity index (χ0v) is 55.6. The Labute approximate surface area is 571 Å². The highest BCUT2D eigenvalue weighted by Crippen LogP contribution is 2.35. The van der Waals surface area contributed by atoms with Gasteiger partial charge in [0.25, 0.3) is 0 Å². The molecule has 100 heavy (non-hydrogen) atoms. The topological polar surface area (TPSA) is 129 Å². The standard InChI is InChI=1S/C17H19F3N2.C16H17F3N2.C15H15F3N2.C14H13F3N2.C13H11F3N2/c1-2-3-4-5-6-13-11-21-16(22-12-13)14-7-9-15(10-8-14)17(18,19)20;1-2-3-4-5-12-10-20-15(21-11-12)13-6-8-14(9-7-13)16(17,18)19;1-2-3-4-11-9-19-14(20-10-11)12-5-7-13(8-6-12)15(16,17)18;1-2-3-10-8-18-13(19-9-10)11-4-6-12(7-5-11)14(15,16)17;1-2-9-7-17-12(18-8-9)10-3-5-11(6-4-10)13(14,15)16/h7-12H,2-6H2,1H3;6-11H,2-5H2,1H3;5-10H,2-4H2,1H3;4-9H,2-3H2,1H3;3-8H,2H2,1H3. The van der Waals surface area contributed by atoms with Gasteiger partial charge in [-0.2, -0.15) is 65.9 Å². The molecule has 5 aromatic carbocycles. The summed E-state index contributed by atoms with van der Waals surface area (Å²) >= 11 is 0. The fourth-order valence-electron chi connectivity index (χ4n) is 9.26. The molecule has 0 spiro atoms. The van der Waals surface area contributed by atoms with Crippen LogP contribution in [0.5, 0.6) is 0 Å². The van der Waals surface area contributed by atoms with Crippen molar-refractivity contribution in [3.63, 3.8) is 0 Å². The first kappa shape index (κ1) is 79.4. The summed E-state index contributed by atoms with van der Waals surface area (Å²) in [7, 11) is 0. The highest BCUT2D eigenvalue weighted by Gasteiger charge is 2.33. The van der Waals surface area contributed by atoms with Crippen LogP contribution in [0, 0.1) is 0 Å². The first-order valence-electron chi connectivity index (χ1n) is 32.4. The number of rotatable bonds is 20. The Balaban J connectivity index is 0.000000197. The molecule has 0 unspecified atom stereocenters. The Kier molecular flexibility index (Phi) is 30.3. The molecule has 0 fully saturated rings. The second-order valence-electron chi connectivity index (χ2n) is 22.9. The molecule has 5 aromatic heterocycles. The summed E-state index contributed by atoms with van der Waals surface area (Å²) in [5.41, 5.74) is 4.76. The van der Waals surface area contributed by atoms with Crippen molar-refractivity contribution in [2.24, 2.45) is 0 Å². The molecule has 0 amide bonds. The van der Waals surface area contributed by atoms with Crippen molar-refractivity contribution in [1.29, 1.82) is 0 Å². The van der Waals surface area contributed by atoms with E-state index < -0.39 is 58.7 Å². The highest BCUT2D eigenvalue weighted by atomic mass is 19.4. The van der Waals surface area contributed by atoms with E-state index in [2.05, 4.69) is 77.5 Å². The maximum atomic E-state index is 12.5. The van der Waals surface area contributed by atoms with Crippen molar-refractivity contribution in [2.45, 2.75) is 162 Å². The average Bonchev–Trinajstić information content (AvgIpc) is 0.859. The molecule has 10 nitrogen and oxygen atoms in total. The van der Waals surface area contributed by atoms with Gasteiger partial charge in [-0.25, -0.2) is 49.8 Å². The van der Waals surface area contributed by atoms with Crippen LogP contribution < -0.4 is 0 Å². The number of nitrogens with zero attached hydrogens (tertiary/aromatic N) is 10. The van der Waals surface area contributed by atoms with E-state index in [1.807, 2.05) is 6.92 Å². The number of unbranched alkanes of at least 4 members (excludes halogenated alkanes) is 6. The van der Waals surface area contributed by atoms with Crippen LogP contribution in [0.4, 0.5) is 65.9 Å². The quantitative estimate of drug-likeness (QED) is 0.0537. The number of halogens is 15. The van der Waals surface area contributed by atoms with Crippen LogP contribution in [-0.2, 0) is 63.0 Å². The minimum atomic E-state index is -4.32. The number of aryl methyl sites for hydroxylation is 5. The minimum absolute atomic E-state index is 0.431. The van der Waals surface area contributed by atoms with Crippen molar-refractivity contribution in [1.82, 2.24) is 49.8 Å². The first-order chi connectivity index (χ1) is 47.5. The summed E-state index contributed by atoms with van der Waals surface area (Å²) in [6.45, 7) is 10.5. The van der Waals surface area contributed by atoms with E-state index in [4.69, 9.17) is 0 Å².